The van der Waals surface area contributed by atoms with Gasteiger partial charge in [-0.15, -0.1) is 0 Å². The maximum absolute atomic E-state index is 7.23. The molecule has 0 aliphatic carbocycles. The van der Waals surface area contributed by atoms with Gasteiger partial charge in [0.2, 0.25) is 0 Å². The molecule has 0 heterocycles. The summed E-state index contributed by atoms with van der Waals surface area (Å²) in [7, 11) is 0. The molecule has 0 aromatic rings. The third kappa shape index (κ3) is 7.56. The third-order valence-electron chi connectivity index (χ3n) is 5.89. The summed E-state index contributed by atoms with van der Waals surface area (Å²) in [5.74, 6) is 0. The van der Waals surface area contributed by atoms with Gasteiger partial charge in [0.25, 0.3) is 0 Å². The molecule has 0 atom stereocenters. The number of hydrogen-bond acceptors (Lipinski definition) is 2. The summed E-state index contributed by atoms with van der Waals surface area (Å²) in [5, 5.41) is 0. The lowest BCUT2D eigenvalue weighted by molar-refractivity contribution is 0.0542. The predicted octanol–water partition coefficient (Wildman–Crippen LogP) is 6.17. The quantitative estimate of drug-likeness (QED) is 0.356. The van der Waals surface area contributed by atoms with Crippen LogP contribution in [0, 0.1) is 5.41 Å². The number of unbranched alkanes of at least 4 members (excludes halogenated alkanes) is 4. The first-order valence-corrected chi connectivity index (χ1v) is 10.5. The highest BCUT2D eigenvalue weighted by Crippen LogP contribution is 2.48. The first-order chi connectivity index (χ1) is 11.1. The van der Waals surface area contributed by atoms with E-state index in [2.05, 4.69) is 27.7 Å². The Kier molecular flexibility index (Phi) is 13.2. The summed E-state index contributed by atoms with van der Waals surface area (Å²) >= 11 is 0. The van der Waals surface area contributed by atoms with Crippen molar-refractivity contribution in [3.05, 3.63) is 0 Å². The molecular formula is C21H46N2. The molecule has 0 bridgehead atoms. The van der Waals surface area contributed by atoms with Gasteiger partial charge in [0.05, 0.1) is 0 Å². The zero-order valence-corrected chi connectivity index (χ0v) is 16.8. The molecule has 2 heteroatoms. The molecule has 0 rings (SSSR count). The fraction of sp³-hybridized carbons (Fsp3) is 1.00. The van der Waals surface area contributed by atoms with Crippen LogP contribution in [0.2, 0.25) is 0 Å². The highest BCUT2D eigenvalue weighted by atomic mass is 14.8. The van der Waals surface area contributed by atoms with Gasteiger partial charge in [-0.05, 0) is 50.5 Å². The molecule has 0 unspecified atom stereocenters. The summed E-state index contributed by atoms with van der Waals surface area (Å²) < 4.78 is 0. The average Bonchev–Trinajstić information content (AvgIpc) is 2.57. The number of rotatable bonds is 16. The van der Waals surface area contributed by atoms with Gasteiger partial charge in [-0.25, -0.2) is 0 Å². The Morgan fingerprint density at radius 3 is 1.26 bits per heavy atom. The van der Waals surface area contributed by atoms with Gasteiger partial charge < -0.3 is 11.5 Å². The van der Waals surface area contributed by atoms with Crippen molar-refractivity contribution in [1.29, 1.82) is 0 Å². The minimum absolute atomic E-state index is 0.0124. The standard InChI is InChI=1S/C21H46N2/c1-5-9-14-20(15-10-6-2,16-13-19-22)21(23,17-11-7-3)18-12-8-4/h5-19,22-23H2,1-4H3. The van der Waals surface area contributed by atoms with Crippen molar-refractivity contribution in [2.75, 3.05) is 6.54 Å². The smallest absolute Gasteiger partial charge is 0.0211 e. The molecule has 0 aliphatic heterocycles. The first kappa shape index (κ1) is 22.9. The first-order valence-electron chi connectivity index (χ1n) is 10.5. The average molecular weight is 327 g/mol. The molecule has 0 aromatic carbocycles. The molecular weight excluding hydrogens is 280 g/mol. The van der Waals surface area contributed by atoms with E-state index >= 15 is 0 Å². The van der Waals surface area contributed by atoms with Crippen LogP contribution >= 0.6 is 0 Å². The lowest BCUT2D eigenvalue weighted by atomic mass is 9.58. The highest BCUT2D eigenvalue weighted by Gasteiger charge is 2.45. The molecule has 0 fully saturated rings. The second-order valence-electron chi connectivity index (χ2n) is 7.74. The molecule has 0 saturated heterocycles. The Bertz CT molecular complexity index is 233. The molecule has 0 saturated carbocycles. The van der Waals surface area contributed by atoms with E-state index in [1.165, 1.54) is 83.5 Å². The second-order valence-corrected chi connectivity index (χ2v) is 7.74. The molecule has 140 valence electrons. The van der Waals surface area contributed by atoms with Crippen molar-refractivity contribution < 1.29 is 0 Å². The SMILES string of the molecule is CCCCC(N)(CCCC)C(CCCC)(CCCC)CCCN. The zero-order valence-electron chi connectivity index (χ0n) is 16.8. The lowest BCUT2D eigenvalue weighted by Crippen LogP contribution is -2.56. The minimum Gasteiger partial charge on any atom is -0.330 e. The molecule has 0 aliphatic rings. The minimum atomic E-state index is 0.0124. The summed E-state index contributed by atoms with van der Waals surface area (Å²) in [6, 6.07) is 0. The van der Waals surface area contributed by atoms with Crippen molar-refractivity contribution in [3.8, 4) is 0 Å². The molecule has 0 radical (unpaired) electrons. The van der Waals surface area contributed by atoms with Gasteiger partial charge in [0.15, 0.2) is 0 Å². The summed E-state index contributed by atoms with van der Waals surface area (Å²) in [4.78, 5) is 0. The molecule has 0 amide bonds. The van der Waals surface area contributed by atoms with Crippen molar-refractivity contribution in [2.45, 2.75) is 123 Å². The molecule has 0 spiro atoms. The Balaban J connectivity index is 5.49. The van der Waals surface area contributed by atoms with E-state index in [9.17, 15) is 0 Å². The van der Waals surface area contributed by atoms with Crippen molar-refractivity contribution in [2.24, 2.45) is 16.9 Å². The van der Waals surface area contributed by atoms with Gasteiger partial charge in [0.1, 0.15) is 0 Å². The van der Waals surface area contributed by atoms with Gasteiger partial charge in [0, 0.05) is 5.54 Å². The molecule has 0 aromatic heterocycles. The molecule has 23 heavy (non-hydrogen) atoms. The van der Waals surface area contributed by atoms with E-state index in [0.717, 1.165) is 13.0 Å². The molecule has 2 nitrogen and oxygen atoms in total. The second kappa shape index (κ2) is 13.2. The fourth-order valence-electron chi connectivity index (χ4n) is 4.23. The predicted molar refractivity (Wildman–Crippen MR) is 106 cm³/mol. The summed E-state index contributed by atoms with van der Waals surface area (Å²) in [6.07, 6.45) is 17.5. The van der Waals surface area contributed by atoms with Crippen LogP contribution in [0.5, 0.6) is 0 Å². The van der Waals surface area contributed by atoms with E-state index in [1.807, 2.05) is 0 Å². The van der Waals surface area contributed by atoms with E-state index < -0.39 is 0 Å². The van der Waals surface area contributed by atoms with Crippen molar-refractivity contribution in [3.63, 3.8) is 0 Å². The van der Waals surface area contributed by atoms with Crippen molar-refractivity contribution in [1.82, 2.24) is 0 Å². The van der Waals surface area contributed by atoms with Crippen LogP contribution in [0.1, 0.15) is 118 Å². The van der Waals surface area contributed by atoms with Crippen LogP contribution < -0.4 is 11.5 Å². The van der Waals surface area contributed by atoms with Crippen LogP contribution in [0.15, 0.2) is 0 Å². The summed E-state index contributed by atoms with van der Waals surface area (Å²) in [5.41, 5.74) is 13.4. The Hall–Kier alpha value is -0.0800. The normalized spacial score (nSPS) is 12.8. The van der Waals surface area contributed by atoms with Crippen LogP contribution in [0.25, 0.3) is 0 Å². The van der Waals surface area contributed by atoms with Gasteiger partial charge in [-0.1, -0.05) is 79.1 Å². The largest absolute Gasteiger partial charge is 0.330 e. The van der Waals surface area contributed by atoms with Gasteiger partial charge >= 0.3 is 0 Å². The van der Waals surface area contributed by atoms with E-state index in [0.29, 0.717) is 5.41 Å². The highest BCUT2D eigenvalue weighted by molar-refractivity contribution is 5.02. The fourth-order valence-corrected chi connectivity index (χ4v) is 4.23. The van der Waals surface area contributed by atoms with Crippen LogP contribution in [-0.4, -0.2) is 12.1 Å². The summed E-state index contributed by atoms with van der Waals surface area (Å²) in [6.45, 7) is 10.0. The molecule has 4 N–H and O–H groups in total. The Morgan fingerprint density at radius 2 is 0.913 bits per heavy atom. The maximum Gasteiger partial charge on any atom is 0.0211 e. The third-order valence-corrected chi connectivity index (χ3v) is 5.89. The topological polar surface area (TPSA) is 52.0 Å². The lowest BCUT2D eigenvalue weighted by Gasteiger charge is -2.50. The number of hydrogen-bond donors (Lipinski definition) is 2. The Morgan fingerprint density at radius 1 is 0.565 bits per heavy atom. The van der Waals surface area contributed by atoms with Crippen LogP contribution in [-0.2, 0) is 0 Å². The van der Waals surface area contributed by atoms with Crippen LogP contribution in [0.4, 0.5) is 0 Å². The van der Waals surface area contributed by atoms with Gasteiger partial charge in [-0.2, -0.15) is 0 Å². The van der Waals surface area contributed by atoms with E-state index in [-0.39, 0.29) is 5.54 Å². The number of nitrogens with two attached hydrogens (primary N) is 2. The monoisotopic (exact) mass is 326 g/mol. The Labute approximate surface area is 147 Å². The zero-order chi connectivity index (χ0) is 17.6. The van der Waals surface area contributed by atoms with Gasteiger partial charge in [-0.3, -0.25) is 0 Å². The van der Waals surface area contributed by atoms with E-state index in [4.69, 9.17) is 11.5 Å². The maximum atomic E-state index is 7.23. The van der Waals surface area contributed by atoms with Crippen molar-refractivity contribution >= 4 is 0 Å². The van der Waals surface area contributed by atoms with Crippen LogP contribution in [0.3, 0.4) is 0 Å². The van der Waals surface area contributed by atoms with E-state index in [1.54, 1.807) is 0 Å².